The molecule has 0 saturated heterocycles. The van der Waals surface area contributed by atoms with Crippen LogP contribution < -0.4 is 43.1 Å². The fourth-order valence-electron chi connectivity index (χ4n) is 21.1. The summed E-state index contributed by atoms with van der Waals surface area (Å²) in [6.45, 7) is 0. The molecule has 19 aromatic carbocycles. The van der Waals surface area contributed by atoms with E-state index in [1.165, 1.54) is 54.5 Å². The number of anilines is 9. The third kappa shape index (κ3) is 9.81. The number of nitrogens with zero attached hydrogens (tertiary/aromatic N) is 7. The molecule has 0 radical (unpaired) electrons. The summed E-state index contributed by atoms with van der Waals surface area (Å²) in [5, 5.41) is 9.44. The van der Waals surface area contributed by atoms with Crippen LogP contribution in [0.2, 0.25) is 0 Å². The van der Waals surface area contributed by atoms with Gasteiger partial charge in [-0.25, -0.2) is 0 Å². The van der Waals surface area contributed by atoms with Crippen molar-refractivity contribution in [2.75, 3.05) is 14.7 Å². The van der Waals surface area contributed by atoms with Crippen molar-refractivity contribution in [3.63, 3.8) is 0 Å². The molecular formula is C114H65N7O6. The molecule has 6 aliphatic rings. The van der Waals surface area contributed by atoms with Gasteiger partial charge in [-0.2, -0.15) is 0 Å². The Balaban J connectivity index is 0.539. The molecule has 6 aliphatic heterocycles. The van der Waals surface area contributed by atoms with E-state index in [1.807, 2.05) is 72.8 Å². The van der Waals surface area contributed by atoms with Gasteiger partial charge in [-0.1, -0.05) is 182 Å². The van der Waals surface area contributed by atoms with Gasteiger partial charge in [-0.15, -0.1) is 0 Å². The van der Waals surface area contributed by atoms with Crippen molar-refractivity contribution in [1.29, 1.82) is 0 Å². The molecule has 0 fully saturated rings. The Labute approximate surface area is 725 Å². The highest BCUT2D eigenvalue weighted by atomic mass is 16.5. The third-order valence-electron chi connectivity index (χ3n) is 26.6. The summed E-state index contributed by atoms with van der Waals surface area (Å²) in [5.74, 6) is 8.38. The molecule has 13 nitrogen and oxygen atoms in total. The van der Waals surface area contributed by atoms with E-state index in [1.54, 1.807) is 0 Å². The van der Waals surface area contributed by atoms with Crippen LogP contribution in [0.3, 0.4) is 0 Å². The Bertz CT molecular complexity index is 8490. The Morgan fingerprint density at radius 3 is 0.732 bits per heavy atom. The largest absolute Gasteiger partial charge is 0.453 e. The molecule has 127 heavy (non-hydrogen) atoms. The van der Waals surface area contributed by atoms with Gasteiger partial charge in [-0.05, 0) is 245 Å². The minimum atomic E-state index is 0.633. The van der Waals surface area contributed by atoms with Crippen LogP contribution in [-0.4, -0.2) is 18.3 Å². The molecule has 13 heteroatoms. The first-order valence-corrected chi connectivity index (χ1v) is 42.9. The molecule has 0 bridgehead atoms. The van der Waals surface area contributed by atoms with Crippen molar-refractivity contribution in [2.45, 2.75) is 0 Å². The average Bonchev–Trinajstić information content (AvgIpc) is 1.73. The average molecular weight is 1630 g/mol. The summed E-state index contributed by atoms with van der Waals surface area (Å²) < 4.78 is 51.7. The summed E-state index contributed by atoms with van der Waals surface area (Å²) in [6.07, 6.45) is 0. The van der Waals surface area contributed by atoms with Crippen LogP contribution in [0.15, 0.2) is 394 Å². The standard InChI is InChI=1S/C114H65N7O6/c1-2-21-74(22-3-1)115-86-29-8-4-25-78(86)82-53-66(41-47-90(82)115)67-42-48-91-83(54-67)79-26-5-9-30-87(79)116(91)75-23-20-24-76(63-75)117-88-31-10-6-27-80(88)84-55-68(43-49-92(84)117)69-44-50-93-85(56-69)81-28-7-11-32-89(81)118(93)77-64-110-114-111(65-77)127-105-58-71(73-61-108-113-109(62-73)125-103-40-19-15-36-97(103)120(113)96-35-14-18-39-102(96)124-108)46-52-99(105)121(114)98-51-45-70(57-104(98)126-110)72-59-106-112-107(60-72)123-101-38-17-13-34-95(101)119(112)94-33-12-16-37-100(94)122-106/h1-65H. The van der Waals surface area contributed by atoms with Gasteiger partial charge >= 0.3 is 0 Å². The number of hydrogen-bond acceptors (Lipinski definition) is 9. The third-order valence-corrected chi connectivity index (χ3v) is 26.6. The smallest absolute Gasteiger partial charge is 0.157 e. The van der Waals surface area contributed by atoms with Gasteiger partial charge in [0.05, 0.1) is 83.9 Å². The highest BCUT2D eigenvalue weighted by Crippen LogP contribution is 2.66. The fourth-order valence-corrected chi connectivity index (χ4v) is 21.1. The molecule has 0 spiro atoms. The van der Waals surface area contributed by atoms with E-state index in [0.29, 0.717) is 46.0 Å². The number of ether oxygens (including phenoxy) is 6. The molecule has 0 atom stereocenters. The molecule has 4 aromatic heterocycles. The van der Waals surface area contributed by atoms with Crippen LogP contribution in [0.25, 0.3) is 154 Å². The van der Waals surface area contributed by atoms with E-state index in [4.69, 9.17) is 28.4 Å². The number of rotatable bonds is 8. The summed E-state index contributed by atoms with van der Waals surface area (Å²) in [7, 11) is 0. The van der Waals surface area contributed by atoms with Crippen LogP contribution in [-0.2, 0) is 0 Å². The Morgan fingerprint density at radius 2 is 0.378 bits per heavy atom. The lowest BCUT2D eigenvalue weighted by Crippen LogP contribution is -2.21. The monoisotopic (exact) mass is 1630 g/mol. The van der Waals surface area contributed by atoms with Crippen LogP contribution >= 0.6 is 0 Å². The van der Waals surface area contributed by atoms with Gasteiger partial charge in [0.2, 0.25) is 0 Å². The molecular weight excluding hydrogens is 1560 g/mol. The lowest BCUT2D eigenvalue weighted by molar-refractivity contribution is 0.444. The molecule has 0 saturated carbocycles. The summed E-state index contributed by atoms with van der Waals surface area (Å²) >= 11 is 0. The predicted octanol–water partition coefficient (Wildman–Crippen LogP) is 31.8. The molecule has 10 heterocycles. The van der Waals surface area contributed by atoms with Crippen molar-refractivity contribution in [2.24, 2.45) is 0 Å². The Kier molecular flexibility index (Phi) is 13.8. The molecule has 29 rings (SSSR count). The van der Waals surface area contributed by atoms with Gasteiger partial charge in [0.1, 0.15) is 17.1 Å². The normalized spacial score (nSPS) is 13.2. The van der Waals surface area contributed by atoms with E-state index in [2.05, 4.69) is 354 Å². The van der Waals surface area contributed by atoms with Gasteiger partial charge in [0.25, 0.3) is 0 Å². The number of para-hydroxylation sites is 13. The van der Waals surface area contributed by atoms with Gasteiger partial charge < -0.3 is 46.7 Å². The van der Waals surface area contributed by atoms with Crippen molar-refractivity contribution in [3.05, 3.63) is 394 Å². The quantitative estimate of drug-likeness (QED) is 0.148. The molecule has 0 amide bonds. The number of benzene rings is 19. The fraction of sp³-hybridized carbons (Fsp3) is 0. The summed E-state index contributed by atoms with van der Waals surface area (Å²) in [4.78, 5) is 6.79. The zero-order chi connectivity index (χ0) is 82.5. The van der Waals surface area contributed by atoms with Crippen molar-refractivity contribution in [3.8, 4) is 136 Å². The van der Waals surface area contributed by atoms with Crippen molar-refractivity contribution < 1.29 is 28.4 Å². The van der Waals surface area contributed by atoms with E-state index in [-0.39, 0.29) is 0 Å². The first-order valence-electron chi connectivity index (χ1n) is 42.9. The van der Waals surface area contributed by atoms with E-state index in [9.17, 15) is 0 Å². The number of fused-ring (bicyclic) bond motifs is 24. The highest BCUT2D eigenvalue weighted by molar-refractivity contribution is 6.16. The summed E-state index contributed by atoms with van der Waals surface area (Å²) in [6, 6.07) is 141. The van der Waals surface area contributed by atoms with Crippen molar-refractivity contribution in [1.82, 2.24) is 18.3 Å². The molecule has 23 aromatic rings. The van der Waals surface area contributed by atoms with Crippen LogP contribution in [0, 0.1) is 0 Å². The van der Waals surface area contributed by atoms with Crippen LogP contribution in [0.1, 0.15) is 0 Å². The van der Waals surface area contributed by atoms with E-state index < -0.39 is 0 Å². The molecule has 592 valence electrons. The second-order valence-electron chi connectivity index (χ2n) is 33.5. The van der Waals surface area contributed by atoms with E-state index in [0.717, 1.165) is 174 Å². The maximum absolute atomic E-state index is 7.42. The first-order chi connectivity index (χ1) is 62.9. The van der Waals surface area contributed by atoms with Crippen LogP contribution in [0.4, 0.5) is 51.2 Å². The minimum absolute atomic E-state index is 0.633. The zero-order valence-electron chi connectivity index (χ0n) is 67.6. The topological polar surface area (TPSA) is 84.8 Å². The maximum atomic E-state index is 7.42. The predicted molar refractivity (Wildman–Crippen MR) is 510 cm³/mol. The second-order valence-corrected chi connectivity index (χ2v) is 33.5. The SMILES string of the molecule is c1ccc(-n2c3ccccc3c3cc(-c4ccc5c(c4)c4ccccc4n5-c4cccc(-n5c6ccccc6c6cc(-c7ccc8c(c7)c7ccccc7n8-c7cc8c9c(c7)Oc7cc(-c%10cc%11c%12c(c%10)Oc%10ccccc%10N%12c%10ccccc%10O%11)ccc7N9c7ccc(-c9cc%10c%11c(c9)Oc9ccccc9N%11c9ccccc9O%10)cc7O8)ccc65)c4)ccc32)cc1. The van der Waals surface area contributed by atoms with Crippen molar-refractivity contribution >= 4 is 138 Å². The Morgan fingerprint density at radius 1 is 0.134 bits per heavy atom. The minimum Gasteiger partial charge on any atom is -0.453 e. The number of hydrogen-bond donors (Lipinski definition) is 0. The summed E-state index contributed by atoms with van der Waals surface area (Å²) in [5.41, 5.74) is 29.4. The highest BCUT2D eigenvalue weighted by Gasteiger charge is 2.41. The number of aromatic nitrogens is 4. The molecule has 0 N–H and O–H groups in total. The Hall–Kier alpha value is -17.4. The van der Waals surface area contributed by atoms with Gasteiger partial charge in [0.15, 0.2) is 69.0 Å². The molecule has 0 unspecified atom stereocenters. The molecule has 0 aliphatic carbocycles. The first kappa shape index (κ1) is 68.3. The van der Waals surface area contributed by atoms with Crippen LogP contribution in [0.5, 0.6) is 69.0 Å². The maximum Gasteiger partial charge on any atom is 0.157 e. The van der Waals surface area contributed by atoms with Gasteiger partial charge in [-0.3, -0.25) is 14.7 Å². The zero-order valence-corrected chi connectivity index (χ0v) is 67.6. The lowest BCUT2D eigenvalue weighted by atomic mass is 9.98. The lowest BCUT2D eigenvalue weighted by Gasteiger charge is -2.39. The second kappa shape index (κ2) is 25.6. The van der Waals surface area contributed by atoms with E-state index >= 15 is 0 Å². The van der Waals surface area contributed by atoms with Gasteiger partial charge in [0, 0.05) is 72.3 Å².